The second kappa shape index (κ2) is 13.7. The monoisotopic (exact) mass is 366 g/mol. The van der Waals surface area contributed by atoms with Crippen molar-refractivity contribution in [3.63, 3.8) is 0 Å². The Morgan fingerprint density at radius 1 is 0.808 bits per heavy atom. The van der Waals surface area contributed by atoms with Crippen LogP contribution in [0.5, 0.6) is 0 Å². The van der Waals surface area contributed by atoms with Gasteiger partial charge < -0.3 is 18.9 Å². The Morgan fingerprint density at radius 3 is 2.12 bits per heavy atom. The molecule has 0 unspecified atom stereocenters. The van der Waals surface area contributed by atoms with Crippen molar-refractivity contribution >= 4 is 5.97 Å². The first-order chi connectivity index (χ1) is 12.5. The number of ether oxygens (including phenoxy) is 4. The summed E-state index contributed by atoms with van der Waals surface area (Å²) in [4.78, 5) is 11.4. The van der Waals surface area contributed by atoms with Gasteiger partial charge in [0.1, 0.15) is 12.2 Å². The van der Waals surface area contributed by atoms with E-state index in [0.29, 0.717) is 19.8 Å². The molecule has 0 aliphatic heterocycles. The molecule has 0 N–H and O–H groups in total. The van der Waals surface area contributed by atoms with Crippen molar-refractivity contribution in [2.45, 2.75) is 58.7 Å². The van der Waals surface area contributed by atoms with Crippen LogP contribution in [0, 0.1) is 0 Å². The lowest BCUT2D eigenvalue weighted by Gasteiger charge is -2.19. The highest BCUT2D eigenvalue weighted by Crippen LogP contribution is 2.07. The summed E-state index contributed by atoms with van der Waals surface area (Å²) in [7, 11) is 0. The van der Waals surface area contributed by atoms with Crippen molar-refractivity contribution in [3.8, 4) is 0 Å². The Balaban J connectivity index is 1.79. The second-order valence-electron chi connectivity index (χ2n) is 7.20. The summed E-state index contributed by atoms with van der Waals surface area (Å²) in [6.07, 6.45) is 3.97. The first-order valence-corrected chi connectivity index (χ1v) is 9.46. The molecule has 148 valence electrons. The Labute approximate surface area is 158 Å². The third-order valence-electron chi connectivity index (χ3n) is 3.41. The smallest absolute Gasteiger partial charge is 0.332 e. The summed E-state index contributed by atoms with van der Waals surface area (Å²) in [5.74, 6) is -0.326. The van der Waals surface area contributed by atoms with E-state index in [1.54, 1.807) is 0 Å². The van der Waals surface area contributed by atoms with Crippen LogP contribution in [0.25, 0.3) is 0 Å². The number of carbonyl (C=O) groups is 1. The maximum absolute atomic E-state index is 11.4. The molecule has 5 heteroatoms. The quantitative estimate of drug-likeness (QED) is 0.366. The van der Waals surface area contributed by atoms with Gasteiger partial charge in [-0.2, -0.15) is 0 Å². The summed E-state index contributed by atoms with van der Waals surface area (Å²) in [5.41, 5.74) is 0.751. The molecule has 1 rings (SSSR count). The normalized spacial score (nSPS) is 11.5. The van der Waals surface area contributed by atoms with Crippen LogP contribution in [0.3, 0.4) is 0 Å². The van der Waals surface area contributed by atoms with Crippen LogP contribution in [0.1, 0.15) is 52.0 Å². The first-order valence-electron chi connectivity index (χ1n) is 9.46. The fraction of sp³-hybridized carbons (Fsp3) is 0.667. The highest BCUT2D eigenvalue weighted by Gasteiger charge is 2.15. The number of hydrogen-bond acceptors (Lipinski definition) is 5. The van der Waals surface area contributed by atoms with Gasteiger partial charge in [-0.15, -0.1) is 0 Å². The van der Waals surface area contributed by atoms with Gasteiger partial charge in [-0.05, 0) is 52.0 Å². The van der Waals surface area contributed by atoms with E-state index in [9.17, 15) is 4.79 Å². The van der Waals surface area contributed by atoms with E-state index in [0.717, 1.165) is 38.9 Å². The lowest BCUT2D eigenvalue weighted by atomic mass is 10.2. The molecule has 0 aliphatic carbocycles. The minimum atomic E-state index is -0.462. The van der Waals surface area contributed by atoms with Gasteiger partial charge in [0, 0.05) is 26.4 Å². The number of rotatable bonds is 14. The molecule has 0 bridgehead atoms. The van der Waals surface area contributed by atoms with E-state index in [1.165, 1.54) is 5.56 Å². The van der Waals surface area contributed by atoms with Crippen molar-refractivity contribution in [2.75, 3.05) is 33.0 Å². The lowest BCUT2D eigenvalue weighted by molar-refractivity contribution is -0.160. The van der Waals surface area contributed by atoms with E-state index in [-0.39, 0.29) is 12.6 Å². The van der Waals surface area contributed by atoms with Crippen LogP contribution >= 0.6 is 0 Å². The number of hydrogen-bond donors (Lipinski definition) is 0. The van der Waals surface area contributed by atoms with E-state index in [4.69, 9.17) is 18.9 Å². The van der Waals surface area contributed by atoms with Crippen LogP contribution in [0.2, 0.25) is 0 Å². The van der Waals surface area contributed by atoms with Crippen molar-refractivity contribution in [1.82, 2.24) is 0 Å². The average Bonchev–Trinajstić information content (AvgIpc) is 2.58. The molecule has 0 radical (unpaired) electrons. The summed E-state index contributed by atoms with van der Waals surface area (Å²) in [6, 6.07) is 10.2. The van der Waals surface area contributed by atoms with Gasteiger partial charge >= 0.3 is 5.97 Å². The highest BCUT2D eigenvalue weighted by atomic mass is 16.6. The highest BCUT2D eigenvalue weighted by molar-refractivity contribution is 5.71. The van der Waals surface area contributed by atoms with Gasteiger partial charge in [-0.1, -0.05) is 30.3 Å². The van der Waals surface area contributed by atoms with E-state index in [2.05, 4.69) is 12.1 Å². The fourth-order valence-corrected chi connectivity index (χ4v) is 2.24. The molecule has 0 fully saturated rings. The Hall–Kier alpha value is -1.43. The van der Waals surface area contributed by atoms with Gasteiger partial charge in [0.15, 0.2) is 0 Å². The maximum Gasteiger partial charge on any atom is 0.332 e. The van der Waals surface area contributed by atoms with Crippen LogP contribution in [0.15, 0.2) is 30.3 Å². The minimum absolute atomic E-state index is 0.000249. The van der Waals surface area contributed by atoms with Gasteiger partial charge in [-0.25, -0.2) is 4.79 Å². The zero-order chi connectivity index (χ0) is 19.1. The third kappa shape index (κ3) is 13.8. The number of benzene rings is 1. The topological polar surface area (TPSA) is 54.0 Å². The number of esters is 1. The van der Waals surface area contributed by atoms with Gasteiger partial charge in [-0.3, -0.25) is 0 Å². The predicted molar refractivity (Wildman–Crippen MR) is 102 cm³/mol. The van der Waals surface area contributed by atoms with Crippen LogP contribution in [-0.2, 0) is 30.3 Å². The summed E-state index contributed by atoms with van der Waals surface area (Å²) in [6.45, 7) is 8.90. The standard InChI is InChI=1S/C21H34O5/c1-21(2,3)26-20(22)18-25-16-10-15-23-13-8-5-9-14-24-17-19-11-6-4-7-12-19/h4,6-7,11-12H,5,8-10,13-18H2,1-3H3. The SMILES string of the molecule is CC(C)(C)OC(=O)COCCCOCCCCCOCc1ccccc1. The molecule has 5 nitrogen and oxygen atoms in total. The molecule has 0 saturated carbocycles. The average molecular weight is 366 g/mol. The molecular weight excluding hydrogens is 332 g/mol. The molecule has 0 saturated heterocycles. The Morgan fingerprint density at radius 2 is 1.42 bits per heavy atom. The molecule has 0 spiro atoms. The first kappa shape index (κ1) is 22.6. The number of unbranched alkanes of at least 4 members (excludes halogenated alkanes) is 2. The summed E-state index contributed by atoms with van der Waals surface area (Å²) < 4.78 is 21.6. The van der Waals surface area contributed by atoms with Crippen molar-refractivity contribution in [1.29, 1.82) is 0 Å². The van der Waals surface area contributed by atoms with E-state index < -0.39 is 5.60 Å². The molecule has 0 atom stereocenters. The van der Waals surface area contributed by atoms with Crippen LogP contribution in [-0.4, -0.2) is 44.6 Å². The fourth-order valence-electron chi connectivity index (χ4n) is 2.24. The molecule has 1 aromatic rings. The van der Waals surface area contributed by atoms with Crippen molar-refractivity contribution in [2.24, 2.45) is 0 Å². The van der Waals surface area contributed by atoms with Gasteiger partial charge in [0.25, 0.3) is 0 Å². The van der Waals surface area contributed by atoms with Crippen LogP contribution in [0.4, 0.5) is 0 Å². The zero-order valence-electron chi connectivity index (χ0n) is 16.5. The minimum Gasteiger partial charge on any atom is -0.458 e. The maximum atomic E-state index is 11.4. The van der Waals surface area contributed by atoms with E-state index >= 15 is 0 Å². The van der Waals surface area contributed by atoms with Crippen molar-refractivity contribution in [3.05, 3.63) is 35.9 Å². The molecule has 0 amide bonds. The van der Waals surface area contributed by atoms with Gasteiger partial charge in [0.2, 0.25) is 0 Å². The van der Waals surface area contributed by atoms with E-state index in [1.807, 2.05) is 39.0 Å². The summed E-state index contributed by atoms with van der Waals surface area (Å²) in [5, 5.41) is 0. The predicted octanol–water partition coefficient (Wildman–Crippen LogP) is 4.14. The summed E-state index contributed by atoms with van der Waals surface area (Å²) >= 11 is 0. The molecule has 0 aromatic heterocycles. The molecule has 0 heterocycles. The number of carbonyl (C=O) groups excluding carboxylic acids is 1. The molecule has 1 aromatic carbocycles. The molecule has 0 aliphatic rings. The zero-order valence-corrected chi connectivity index (χ0v) is 16.5. The van der Waals surface area contributed by atoms with Gasteiger partial charge in [0.05, 0.1) is 6.61 Å². The Kier molecular flexibility index (Phi) is 11.9. The van der Waals surface area contributed by atoms with Crippen molar-refractivity contribution < 1.29 is 23.7 Å². The lowest BCUT2D eigenvalue weighted by Crippen LogP contribution is -2.26. The largest absolute Gasteiger partial charge is 0.458 e. The second-order valence-corrected chi connectivity index (χ2v) is 7.20. The molecular formula is C21H34O5. The molecule has 26 heavy (non-hydrogen) atoms. The third-order valence-corrected chi connectivity index (χ3v) is 3.41. The Bertz CT molecular complexity index is 467. The van der Waals surface area contributed by atoms with Crippen LogP contribution < -0.4 is 0 Å².